The third-order valence-electron chi connectivity index (χ3n) is 2.96. The highest BCUT2D eigenvalue weighted by Crippen LogP contribution is 2.40. The smallest absolute Gasteiger partial charge is 0.200 e. The highest BCUT2D eigenvalue weighted by atomic mass is 19.2. The zero-order chi connectivity index (χ0) is 11.0. The molecule has 1 aliphatic heterocycles. The van der Waals surface area contributed by atoms with Crippen LogP contribution in [0.25, 0.3) is 0 Å². The average molecular weight is 212 g/mol. The van der Waals surface area contributed by atoms with Crippen molar-refractivity contribution in [2.24, 2.45) is 5.92 Å². The number of hydrogen-bond acceptors (Lipinski definition) is 1. The predicted octanol–water partition coefficient (Wildman–Crippen LogP) is 3.49. The maximum absolute atomic E-state index is 13.4. The fourth-order valence-corrected chi connectivity index (χ4v) is 2.12. The van der Waals surface area contributed by atoms with Crippen LogP contribution in [0.1, 0.15) is 31.7 Å². The summed E-state index contributed by atoms with van der Waals surface area (Å²) in [5.74, 6) is -0.891. The zero-order valence-electron chi connectivity index (χ0n) is 8.89. The normalized spacial score (nSPS) is 19.9. The van der Waals surface area contributed by atoms with Gasteiger partial charge in [0.2, 0.25) is 5.82 Å². The first kappa shape index (κ1) is 10.4. The lowest BCUT2D eigenvalue weighted by atomic mass is 9.84. The third-order valence-corrected chi connectivity index (χ3v) is 2.96. The third kappa shape index (κ3) is 1.71. The fourth-order valence-electron chi connectivity index (χ4n) is 2.12. The first-order valence-corrected chi connectivity index (χ1v) is 5.22. The van der Waals surface area contributed by atoms with Crippen LogP contribution in [0.3, 0.4) is 0 Å². The second-order valence-electron chi connectivity index (χ2n) is 4.27. The molecule has 0 saturated heterocycles. The molecule has 0 aliphatic carbocycles. The molecule has 2 rings (SSSR count). The van der Waals surface area contributed by atoms with E-state index in [0.29, 0.717) is 12.5 Å². The van der Waals surface area contributed by atoms with E-state index in [2.05, 4.69) is 13.8 Å². The van der Waals surface area contributed by atoms with Gasteiger partial charge in [0.15, 0.2) is 11.6 Å². The van der Waals surface area contributed by atoms with Crippen LogP contribution in [0.15, 0.2) is 12.1 Å². The lowest BCUT2D eigenvalue weighted by Crippen LogP contribution is -2.19. The van der Waals surface area contributed by atoms with Gasteiger partial charge in [-0.25, -0.2) is 4.39 Å². The van der Waals surface area contributed by atoms with Crippen LogP contribution >= 0.6 is 0 Å². The van der Waals surface area contributed by atoms with Crippen LogP contribution in [-0.2, 0) is 0 Å². The van der Waals surface area contributed by atoms with Crippen LogP contribution in [0, 0.1) is 17.6 Å². The summed E-state index contributed by atoms with van der Waals surface area (Å²) in [4.78, 5) is 0. The summed E-state index contributed by atoms with van der Waals surface area (Å²) in [6, 6.07) is 2.82. The molecule has 0 amide bonds. The van der Waals surface area contributed by atoms with Crippen molar-refractivity contribution >= 4 is 0 Å². The number of halogens is 2. The van der Waals surface area contributed by atoms with E-state index in [1.54, 1.807) is 6.07 Å². The van der Waals surface area contributed by atoms with E-state index in [1.807, 2.05) is 0 Å². The molecule has 1 atom stereocenters. The van der Waals surface area contributed by atoms with Gasteiger partial charge in [-0.05, 0) is 24.3 Å². The van der Waals surface area contributed by atoms with Gasteiger partial charge in [-0.3, -0.25) is 0 Å². The molecule has 1 unspecified atom stereocenters. The Kier molecular flexibility index (Phi) is 2.63. The second kappa shape index (κ2) is 3.80. The topological polar surface area (TPSA) is 9.23 Å². The Labute approximate surface area is 88.1 Å². The summed E-state index contributed by atoms with van der Waals surface area (Å²) < 4.78 is 31.6. The van der Waals surface area contributed by atoms with Crippen molar-refractivity contribution in [3.63, 3.8) is 0 Å². The Morgan fingerprint density at radius 3 is 2.73 bits per heavy atom. The van der Waals surface area contributed by atoms with Gasteiger partial charge in [0, 0.05) is 5.56 Å². The predicted molar refractivity (Wildman–Crippen MR) is 54.0 cm³/mol. The van der Waals surface area contributed by atoms with Crippen molar-refractivity contribution in [1.29, 1.82) is 0 Å². The second-order valence-corrected chi connectivity index (χ2v) is 4.27. The zero-order valence-corrected chi connectivity index (χ0v) is 8.89. The van der Waals surface area contributed by atoms with Gasteiger partial charge in [-0.15, -0.1) is 0 Å². The minimum absolute atomic E-state index is 0.111. The lowest BCUT2D eigenvalue weighted by molar-refractivity contribution is 0.232. The Morgan fingerprint density at radius 2 is 2.07 bits per heavy atom. The lowest BCUT2D eigenvalue weighted by Gasteiger charge is -2.28. The molecule has 1 aromatic rings. The summed E-state index contributed by atoms with van der Waals surface area (Å²) in [5.41, 5.74) is 0.801. The summed E-state index contributed by atoms with van der Waals surface area (Å²) >= 11 is 0. The Balaban J connectivity index is 2.49. The van der Waals surface area contributed by atoms with Crippen LogP contribution in [0.5, 0.6) is 5.75 Å². The number of hydrogen-bond donors (Lipinski definition) is 0. The van der Waals surface area contributed by atoms with Gasteiger partial charge in [0.05, 0.1) is 6.61 Å². The number of benzene rings is 1. The Bertz CT molecular complexity index is 374. The van der Waals surface area contributed by atoms with E-state index in [1.165, 1.54) is 6.07 Å². The van der Waals surface area contributed by atoms with Gasteiger partial charge >= 0.3 is 0 Å². The molecule has 15 heavy (non-hydrogen) atoms. The van der Waals surface area contributed by atoms with E-state index < -0.39 is 11.6 Å². The van der Waals surface area contributed by atoms with Crippen LogP contribution < -0.4 is 4.74 Å². The summed E-state index contributed by atoms with van der Waals surface area (Å²) in [5, 5.41) is 0. The summed E-state index contributed by atoms with van der Waals surface area (Å²) in [6.45, 7) is 4.64. The van der Waals surface area contributed by atoms with Crippen molar-refractivity contribution in [2.45, 2.75) is 26.2 Å². The molecular weight excluding hydrogens is 198 g/mol. The van der Waals surface area contributed by atoms with Crippen LogP contribution in [-0.4, -0.2) is 6.61 Å². The molecule has 0 fully saturated rings. The Hall–Kier alpha value is -1.12. The maximum atomic E-state index is 13.4. The van der Waals surface area contributed by atoms with E-state index >= 15 is 0 Å². The van der Waals surface area contributed by atoms with Gasteiger partial charge in [0.25, 0.3) is 0 Å². The summed E-state index contributed by atoms with van der Waals surface area (Å²) in [6.07, 6.45) is 0.871. The molecule has 0 N–H and O–H groups in total. The molecule has 0 saturated carbocycles. The quantitative estimate of drug-likeness (QED) is 0.692. The Morgan fingerprint density at radius 1 is 1.33 bits per heavy atom. The molecule has 1 nitrogen and oxygen atoms in total. The summed E-state index contributed by atoms with van der Waals surface area (Å²) in [7, 11) is 0. The fraction of sp³-hybridized carbons (Fsp3) is 0.500. The highest BCUT2D eigenvalue weighted by Gasteiger charge is 2.27. The van der Waals surface area contributed by atoms with Crippen molar-refractivity contribution in [3.05, 3.63) is 29.3 Å². The van der Waals surface area contributed by atoms with Crippen LogP contribution in [0.4, 0.5) is 8.78 Å². The molecule has 0 bridgehead atoms. The standard InChI is InChI=1S/C12H14F2O/c1-7(2)8-5-6-15-12-9(8)3-4-10(13)11(12)14/h3-4,7-8H,5-6H2,1-2H3. The first-order chi connectivity index (χ1) is 7.11. The van der Waals surface area contributed by atoms with Crippen molar-refractivity contribution in [3.8, 4) is 5.75 Å². The van der Waals surface area contributed by atoms with Crippen molar-refractivity contribution in [1.82, 2.24) is 0 Å². The molecule has 1 aromatic carbocycles. The SMILES string of the molecule is CC(C)C1CCOc2c1ccc(F)c2F. The molecule has 0 radical (unpaired) electrons. The maximum Gasteiger partial charge on any atom is 0.200 e. The van der Waals surface area contributed by atoms with E-state index in [9.17, 15) is 8.78 Å². The molecule has 0 spiro atoms. The minimum Gasteiger partial charge on any atom is -0.490 e. The molecule has 1 heterocycles. The van der Waals surface area contributed by atoms with E-state index in [0.717, 1.165) is 12.0 Å². The van der Waals surface area contributed by atoms with E-state index in [4.69, 9.17) is 4.74 Å². The molecular formula is C12H14F2O. The largest absolute Gasteiger partial charge is 0.490 e. The van der Waals surface area contributed by atoms with Crippen molar-refractivity contribution in [2.75, 3.05) is 6.61 Å². The molecule has 3 heteroatoms. The number of fused-ring (bicyclic) bond motifs is 1. The number of ether oxygens (including phenoxy) is 1. The van der Waals surface area contributed by atoms with Gasteiger partial charge in [0.1, 0.15) is 0 Å². The molecule has 1 aliphatic rings. The van der Waals surface area contributed by atoms with Gasteiger partial charge in [-0.1, -0.05) is 19.9 Å². The van der Waals surface area contributed by atoms with E-state index in [-0.39, 0.29) is 11.7 Å². The van der Waals surface area contributed by atoms with Crippen LogP contribution in [0.2, 0.25) is 0 Å². The molecule has 0 aromatic heterocycles. The molecule has 82 valence electrons. The minimum atomic E-state index is -0.849. The average Bonchev–Trinajstić information content (AvgIpc) is 2.23. The number of rotatable bonds is 1. The van der Waals surface area contributed by atoms with Crippen molar-refractivity contribution < 1.29 is 13.5 Å². The monoisotopic (exact) mass is 212 g/mol. The highest BCUT2D eigenvalue weighted by molar-refractivity contribution is 5.40. The van der Waals surface area contributed by atoms with Gasteiger partial charge in [-0.2, -0.15) is 4.39 Å². The first-order valence-electron chi connectivity index (χ1n) is 5.22. The van der Waals surface area contributed by atoms with Gasteiger partial charge < -0.3 is 4.74 Å².